The Morgan fingerprint density at radius 2 is 1.55 bits per heavy atom. The van der Waals surface area contributed by atoms with Crippen LogP contribution in [0.1, 0.15) is 96.5 Å². The van der Waals surface area contributed by atoms with E-state index in [1.54, 1.807) is 18.2 Å². The largest absolute Gasteiger partial charge is 0.426 e. The highest BCUT2D eigenvalue weighted by Crippen LogP contribution is 2.44. The fourth-order valence-electron chi connectivity index (χ4n) is 6.36. The quantitative estimate of drug-likeness (QED) is 0.159. The van der Waals surface area contributed by atoms with E-state index < -0.39 is 23.5 Å². The first-order valence-electron chi connectivity index (χ1n) is 14.7. The molecular weight excluding hydrogens is 488 g/mol. The standard InChI is InChI=1S/C33H42F4O/c1-3-5-6-8-24-9-13-25(14-10-24)26-17-19-28(20-18-26)33(36,37)38-30-22-21-29(31(34)32(30)35)27-15-11-23(7-4-2)12-16-27/h11-12,15-16,19,21-22,24-26H,3-10,13-14,17-18,20H2,1-2H3/t24-,25-,26?. The molecule has 2 aliphatic rings. The fraction of sp³-hybridized carbons (Fsp3) is 0.576. The molecule has 0 aliphatic heterocycles. The van der Waals surface area contributed by atoms with Gasteiger partial charge in [0.15, 0.2) is 11.6 Å². The topological polar surface area (TPSA) is 9.23 Å². The molecule has 1 fully saturated rings. The summed E-state index contributed by atoms with van der Waals surface area (Å²) in [6, 6.07) is 9.60. The van der Waals surface area contributed by atoms with Gasteiger partial charge in [-0.3, -0.25) is 0 Å². The van der Waals surface area contributed by atoms with E-state index in [-0.39, 0.29) is 17.6 Å². The zero-order valence-electron chi connectivity index (χ0n) is 22.9. The van der Waals surface area contributed by atoms with E-state index >= 15 is 8.78 Å². The van der Waals surface area contributed by atoms with E-state index in [1.807, 2.05) is 12.1 Å². The van der Waals surface area contributed by atoms with Crippen LogP contribution in [0.2, 0.25) is 0 Å². The first kappa shape index (κ1) is 28.7. The Morgan fingerprint density at radius 3 is 2.18 bits per heavy atom. The minimum absolute atomic E-state index is 0.0287. The third-order valence-electron chi connectivity index (χ3n) is 8.69. The van der Waals surface area contributed by atoms with Crippen molar-refractivity contribution in [3.8, 4) is 16.9 Å². The number of halogens is 4. The Hall–Kier alpha value is -2.30. The van der Waals surface area contributed by atoms with Crippen LogP contribution in [0.5, 0.6) is 5.75 Å². The number of benzene rings is 2. The summed E-state index contributed by atoms with van der Waals surface area (Å²) in [5.74, 6) is -1.48. The molecule has 4 rings (SSSR count). The van der Waals surface area contributed by atoms with Crippen LogP contribution in [0.3, 0.4) is 0 Å². The van der Waals surface area contributed by atoms with Crippen LogP contribution in [-0.2, 0) is 6.42 Å². The lowest BCUT2D eigenvalue weighted by atomic mass is 9.70. The normalized spacial score (nSPS) is 22.3. The molecule has 1 atom stereocenters. The Balaban J connectivity index is 1.35. The maximum absolute atomic E-state index is 15.0. The molecule has 0 bridgehead atoms. The molecule has 0 spiro atoms. The van der Waals surface area contributed by atoms with Gasteiger partial charge >= 0.3 is 6.11 Å². The molecule has 1 unspecified atom stereocenters. The summed E-state index contributed by atoms with van der Waals surface area (Å²) in [6.45, 7) is 4.30. The minimum atomic E-state index is -3.67. The van der Waals surface area contributed by atoms with Crippen molar-refractivity contribution in [1.82, 2.24) is 0 Å². The van der Waals surface area contributed by atoms with Gasteiger partial charge in [-0.15, -0.1) is 0 Å². The first-order chi connectivity index (χ1) is 18.3. The van der Waals surface area contributed by atoms with Gasteiger partial charge in [0, 0.05) is 11.1 Å². The van der Waals surface area contributed by atoms with Crippen molar-refractivity contribution in [2.75, 3.05) is 0 Å². The molecule has 1 nitrogen and oxygen atoms in total. The highest BCUT2D eigenvalue weighted by atomic mass is 19.3. The van der Waals surface area contributed by atoms with Crippen LogP contribution in [0.15, 0.2) is 48.0 Å². The molecule has 2 aromatic rings. The molecule has 5 heteroatoms. The third kappa shape index (κ3) is 7.01. The van der Waals surface area contributed by atoms with Gasteiger partial charge in [0.2, 0.25) is 5.82 Å². The number of alkyl halides is 2. The van der Waals surface area contributed by atoms with Crippen molar-refractivity contribution in [3.05, 3.63) is 65.2 Å². The number of hydrogen-bond donors (Lipinski definition) is 0. The van der Waals surface area contributed by atoms with Crippen LogP contribution < -0.4 is 4.74 Å². The average Bonchev–Trinajstić information content (AvgIpc) is 2.93. The molecule has 0 N–H and O–H groups in total. The highest BCUT2D eigenvalue weighted by Gasteiger charge is 2.40. The Labute approximate surface area is 225 Å². The second kappa shape index (κ2) is 13.2. The second-order valence-electron chi connectivity index (χ2n) is 11.3. The molecule has 2 aromatic carbocycles. The summed E-state index contributed by atoms with van der Waals surface area (Å²) in [6.07, 6.45) is 11.4. The smallest absolute Gasteiger partial charge is 0.422 e. The van der Waals surface area contributed by atoms with Gasteiger partial charge in [0.05, 0.1) is 0 Å². The fourth-order valence-corrected chi connectivity index (χ4v) is 6.36. The molecule has 208 valence electrons. The van der Waals surface area contributed by atoms with E-state index in [0.717, 1.165) is 30.4 Å². The zero-order valence-corrected chi connectivity index (χ0v) is 22.9. The van der Waals surface area contributed by atoms with Crippen molar-refractivity contribution in [3.63, 3.8) is 0 Å². The van der Waals surface area contributed by atoms with Crippen molar-refractivity contribution < 1.29 is 22.3 Å². The van der Waals surface area contributed by atoms with Crippen LogP contribution in [0, 0.1) is 29.4 Å². The SMILES string of the molecule is CCCCC[C@H]1CC[C@H](C2CC=C(C(F)(F)Oc3ccc(-c4ccc(CCC)cc4)c(F)c3F)CC2)CC1. The van der Waals surface area contributed by atoms with Gasteiger partial charge in [-0.25, -0.2) is 4.39 Å². The molecule has 0 amide bonds. The number of hydrogen-bond acceptors (Lipinski definition) is 1. The van der Waals surface area contributed by atoms with E-state index in [9.17, 15) is 8.78 Å². The van der Waals surface area contributed by atoms with Crippen LogP contribution in [-0.4, -0.2) is 6.11 Å². The lowest BCUT2D eigenvalue weighted by Gasteiger charge is -2.36. The molecule has 2 aliphatic carbocycles. The van der Waals surface area contributed by atoms with Crippen LogP contribution >= 0.6 is 0 Å². The number of unbranched alkanes of at least 4 members (excludes halogenated alkanes) is 2. The van der Waals surface area contributed by atoms with Crippen LogP contribution in [0.4, 0.5) is 17.6 Å². The van der Waals surface area contributed by atoms with Gasteiger partial charge in [-0.1, -0.05) is 89.1 Å². The van der Waals surface area contributed by atoms with Crippen molar-refractivity contribution in [2.24, 2.45) is 17.8 Å². The Morgan fingerprint density at radius 1 is 0.816 bits per heavy atom. The number of rotatable bonds is 11. The molecule has 0 saturated heterocycles. The maximum atomic E-state index is 15.0. The minimum Gasteiger partial charge on any atom is -0.426 e. The van der Waals surface area contributed by atoms with E-state index in [4.69, 9.17) is 4.74 Å². The zero-order chi connectivity index (χ0) is 27.1. The molecular formula is C33H42F4O. The van der Waals surface area contributed by atoms with Gasteiger partial charge < -0.3 is 4.74 Å². The van der Waals surface area contributed by atoms with Crippen LogP contribution in [0.25, 0.3) is 11.1 Å². The molecule has 0 radical (unpaired) electrons. The van der Waals surface area contributed by atoms with Gasteiger partial charge in [-0.05, 0) is 79.5 Å². The van der Waals surface area contributed by atoms with Gasteiger partial charge in [0.1, 0.15) is 0 Å². The maximum Gasteiger partial charge on any atom is 0.422 e. The predicted molar refractivity (Wildman–Crippen MR) is 146 cm³/mol. The van der Waals surface area contributed by atoms with Gasteiger partial charge in [-0.2, -0.15) is 13.2 Å². The number of aryl methyl sites for hydroxylation is 1. The summed E-state index contributed by atoms with van der Waals surface area (Å²) in [5.41, 5.74) is 1.50. The molecule has 38 heavy (non-hydrogen) atoms. The van der Waals surface area contributed by atoms with Gasteiger partial charge in [0.25, 0.3) is 0 Å². The lowest BCUT2D eigenvalue weighted by molar-refractivity contribution is -0.147. The molecule has 0 heterocycles. The molecule has 0 aromatic heterocycles. The first-order valence-corrected chi connectivity index (χ1v) is 14.7. The second-order valence-corrected chi connectivity index (χ2v) is 11.3. The Kier molecular flexibility index (Phi) is 9.95. The van der Waals surface area contributed by atoms with E-state index in [2.05, 4.69) is 13.8 Å². The Bertz CT molecular complexity index is 1070. The summed E-state index contributed by atoms with van der Waals surface area (Å²) in [4.78, 5) is 0. The number of ether oxygens (including phenoxy) is 1. The lowest BCUT2D eigenvalue weighted by Crippen LogP contribution is -2.31. The third-order valence-corrected chi connectivity index (χ3v) is 8.69. The summed E-state index contributed by atoms with van der Waals surface area (Å²) in [7, 11) is 0. The van der Waals surface area contributed by atoms with Crippen molar-refractivity contribution in [1.29, 1.82) is 0 Å². The average molecular weight is 531 g/mol. The number of allylic oxidation sites excluding steroid dienone is 1. The van der Waals surface area contributed by atoms with E-state index in [0.29, 0.717) is 30.2 Å². The highest BCUT2D eigenvalue weighted by molar-refractivity contribution is 5.65. The summed E-state index contributed by atoms with van der Waals surface area (Å²) >= 11 is 0. The molecule has 1 saturated carbocycles. The van der Waals surface area contributed by atoms with E-state index in [1.165, 1.54) is 57.4 Å². The summed E-state index contributed by atoms with van der Waals surface area (Å²) in [5, 5.41) is 0. The van der Waals surface area contributed by atoms with Crippen molar-refractivity contribution >= 4 is 0 Å². The van der Waals surface area contributed by atoms with Crippen molar-refractivity contribution in [2.45, 2.75) is 103 Å². The predicted octanol–water partition coefficient (Wildman–Crippen LogP) is 10.7. The summed E-state index contributed by atoms with van der Waals surface area (Å²) < 4.78 is 64.6. The monoisotopic (exact) mass is 530 g/mol.